The van der Waals surface area contributed by atoms with Crippen LogP contribution in [0.15, 0.2) is 30.3 Å². The van der Waals surface area contributed by atoms with Crippen molar-refractivity contribution in [2.45, 2.75) is 69.6 Å². The van der Waals surface area contributed by atoms with Crippen molar-refractivity contribution < 1.29 is 38.4 Å². The fourth-order valence-electron chi connectivity index (χ4n) is 3.82. The second-order valence-corrected chi connectivity index (χ2v) is 8.10. The molecule has 0 aromatic heterocycles. The Morgan fingerprint density at radius 3 is 2.52 bits per heavy atom. The first-order valence-corrected chi connectivity index (χ1v) is 10.2. The lowest BCUT2D eigenvalue weighted by Gasteiger charge is -2.33. The highest BCUT2D eigenvalue weighted by atomic mass is 16.8. The summed E-state index contributed by atoms with van der Waals surface area (Å²) >= 11 is 0. The Labute approximate surface area is 181 Å². The van der Waals surface area contributed by atoms with E-state index in [1.54, 1.807) is 45.0 Å². The number of ether oxygens (including phenoxy) is 5. The second-order valence-electron chi connectivity index (χ2n) is 8.10. The van der Waals surface area contributed by atoms with Crippen molar-refractivity contribution in [3.63, 3.8) is 0 Å². The number of carbonyl (C=O) groups excluding carboxylic acids is 2. The van der Waals surface area contributed by atoms with E-state index in [-0.39, 0.29) is 19.6 Å². The number of hydrogen-bond donors (Lipinski definition) is 1. The standard InChI is InChI=1S/C23H28O8/c1-6-22(26)17(29-19-18(22)30-21(4,5)31-19)14-28-23(15(3)24,20(25)27-7-2)13-16-11-9-8-10-12-16/h1,8-12,17-19,26H,7,13-14H2,2-5H3/t17-,18+,19-,22-,23?/m1/s1. The summed E-state index contributed by atoms with van der Waals surface area (Å²) < 4.78 is 28.2. The topological polar surface area (TPSA) is 101 Å². The highest BCUT2D eigenvalue weighted by molar-refractivity contribution is 6.06. The highest BCUT2D eigenvalue weighted by Gasteiger charge is 2.63. The molecule has 31 heavy (non-hydrogen) atoms. The van der Waals surface area contributed by atoms with Crippen molar-refractivity contribution in [2.24, 2.45) is 0 Å². The van der Waals surface area contributed by atoms with E-state index >= 15 is 0 Å². The van der Waals surface area contributed by atoms with Gasteiger partial charge in [0, 0.05) is 6.42 Å². The highest BCUT2D eigenvalue weighted by Crippen LogP contribution is 2.43. The molecule has 8 heteroatoms. The summed E-state index contributed by atoms with van der Waals surface area (Å²) in [5.74, 6) is -0.0186. The zero-order valence-electron chi connectivity index (χ0n) is 18.1. The summed E-state index contributed by atoms with van der Waals surface area (Å²) in [7, 11) is 0. The van der Waals surface area contributed by atoms with E-state index in [0.29, 0.717) is 5.56 Å². The number of carbonyl (C=O) groups is 2. The van der Waals surface area contributed by atoms with Crippen molar-refractivity contribution in [3.8, 4) is 12.3 Å². The summed E-state index contributed by atoms with van der Waals surface area (Å²) in [6.45, 7) is 5.97. The maximum Gasteiger partial charge on any atom is 0.346 e. The van der Waals surface area contributed by atoms with Gasteiger partial charge in [0.25, 0.3) is 0 Å². The Kier molecular flexibility index (Phi) is 6.56. The maximum absolute atomic E-state index is 12.9. The molecule has 2 heterocycles. The predicted octanol–water partition coefficient (Wildman–Crippen LogP) is 1.38. The first-order valence-electron chi connectivity index (χ1n) is 10.2. The maximum atomic E-state index is 12.9. The van der Waals surface area contributed by atoms with Crippen LogP contribution >= 0.6 is 0 Å². The average Bonchev–Trinajstić information content (AvgIpc) is 3.16. The molecule has 1 aromatic rings. The first kappa shape index (κ1) is 23.4. The lowest BCUT2D eigenvalue weighted by molar-refractivity contribution is -0.233. The van der Waals surface area contributed by atoms with Crippen LogP contribution in [0.1, 0.15) is 33.3 Å². The number of benzene rings is 1. The molecule has 0 amide bonds. The Morgan fingerprint density at radius 2 is 1.94 bits per heavy atom. The molecule has 8 nitrogen and oxygen atoms in total. The van der Waals surface area contributed by atoms with E-state index in [2.05, 4.69) is 5.92 Å². The largest absolute Gasteiger partial charge is 0.463 e. The summed E-state index contributed by atoms with van der Waals surface area (Å²) in [6.07, 6.45) is 2.62. The van der Waals surface area contributed by atoms with Gasteiger partial charge in [-0.05, 0) is 33.3 Å². The van der Waals surface area contributed by atoms with Gasteiger partial charge in [-0.25, -0.2) is 4.79 Å². The van der Waals surface area contributed by atoms with Gasteiger partial charge < -0.3 is 28.8 Å². The molecule has 0 spiro atoms. The van der Waals surface area contributed by atoms with E-state index in [1.165, 1.54) is 6.92 Å². The van der Waals surface area contributed by atoms with Crippen LogP contribution in [0.4, 0.5) is 0 Å². The zero-order chi connectivity index (χ0) is 22.9. The van der Waals surface area contributed by atoms with Crippen molar-refractivity contribution in [2.75, 3.05) is 13.2 Å². The van der Waals surface area contributed by atoms with Crippen molar-refractivity contribution in [1.82, 2.24) is 0 Å². The molecule has 0 aliphatic carbocycles. The molecular formula is C23H28O8. The van der Waals surface area contributed by atoms with Crippen molar-refractivity contribution in [3.05, 3.63) is 35.9 Å². The van der Waals surface area contributed by atoms with Gasteiger partial charge in [-0.2, -0.15) is 0 Å². The van der Waals surface area contributed by atoms with Crippen LogP contribution in [0.2, 0.25) is 0 Å². The number of terminal acetylenes is 1. The minimum atomic E-state index is -1.92. The number of Topliss-reactive ketones (excluding diaryl/α,β-unsaturated/α-hetero) is 1. The predicted molar refractivity (Wildman–Crippen MR) is 109 cm³/mol. The molecule has 0 saturated carbocycles. The number of aliphatic hydroxyl groups is 1. The van der Waals surface area contributed by atoms with E-state index < -0.39 is 47.2 Å². The minimum absolute atomic E-state index is 0.0455. The lowest BCUT2D eigenvalue weighted by atomic mass is 9.89. The third kappa shape index (κ3) is 4.38. The van der Waals surface area contributed by atoms with Gasteiger partial charge >= 0.3 is 5.97 Å². The van der Waals surface area contributed by atoms with Gasteiger partial charge in [-0.15, -0.1) is 6.42 Å². The average molecular weight is 432 g/mol. The fourth-order valence-corrected chi connectivity index (χ4v) is 3.82. The summed E-state index contributed by atoms with van der Waals surface area (Å²) in [6, 6.07) is 8.96. The molecule has 2 aliphatic heterocycles. The van der Waals surface area contributed by atoms with Crippen LogP contribution in [-0.4, -0.2) is 65.6 Å². The van der Waals surface area contributed by atoms with Crippen LogP contribution in [0.3, 0.4) is 0 Å². The number of esters is 1. The second kappa shape index (κ2) is 8.69. The number of fused-ring (bicyclic) bond motifs is 1. The van der Waals surface area contributed by atoms with Gasteiger partial charge in [0.15, 0.2) is 29.6 Å². The summed E-state index contributed by atoms with van der Waals surface area (Å²) in [5.41, 5.74) is -3.09. The lowest BCUT2D eigenvalue weighted by Crippen LogP contribution is -2.55. The van der Waals surface area contributed by atoms with Gasteiger partial charge in [-0.3, -0.25) is 4.79 Å². The molecular weight excluding hydrogens is 404 g/mol. The van der Waals surface area contributed by atoms with Crippen molar-refractivity contribution >= 4 is 11.8 Å². The third-order valence-corrected chi connectivity index (χ3v) is 5.46. The van der Waals surface area contributed by atoms with Gasteiger partial charge in [0.1, 0.15) is 6.10 Å². The minimum Gasteiger partial charge on any atom is -0.463 e. The monoisotopic (exact) mass is 432 g/mol. The Balaban J connectivity index is 1.86. The van der Waals surface area contributed by atoms with E-state index in [0.717, 1.165) is 0 Å². The van der Waals surface area contributed by atoms with Crippen LogP contribution < -0.4 is 0 Å². The van der Waals surface area contributed by atoms with Crippen LogP contribution in [-0.2, 0) is 39.7 Å². The molecule has 5 atom stereocenters. The molecule has 0 bridgehead atoms. The molecule has 2 aliphatic rings. The summed E-state index contributed by atoms with van der Waals surface area (Å²) in [5, 5.41) is 11.1. The number of rotatable bonds is 8. The van der Waals surface area contributed by atoms with Crippen LogP contribution in [0.5, 0.6) is 0 Å². The van der Waals surface area contributed by atoms with Crippen LogP contribution in [0, 0.1) is 12.3 Å². The molecule has 2 saturated heterocycles. The molecule has 168 valence electrons. The van der Waals surface area contributed by atoms with Crippen LogP contribution in [0.25, 0.3) is 0 Å². The quantitative estimate of drug-likeness (QED) is 0.374. The molecule has 1 aromatic carbocycles. The van der Waals surface area contributed by atoms with Crippen molar-refractivity contribution in [1.29, 1.82) is 0 Å². The van der Waals surface area contributed by atoms with E-state index in [9.17, 15) is 14.7 Å². The Morgan fingerprint density at radius 1 is 1.26 bits per heavy atom. The molecule has 1 N–H and O–H groups in total. The normalized spacial score (nSPS) is 30.8. The van der Waals surface area contributed by atoms with Gasteiger partial charge in [0.2, 0.25) is 5.60 Å². The third-order valence-electron chi connectivity index (χ3n) is 5.46. The molecule has 3 rings (SSSR count). The molecule has 1 unspecified atom stereocenters. The van der Waals surface area contributed by atoms with Gasteiger partial charge in [-0.1, -0.05) is 36.3 Å². The van der Waals surface area contributed by atoms with E-state index in [1.807, 2.05) is 6.07 Å². The number of hydrogen-bond acceptors (Lipinski definition) is 8. The molecule has 0 radical (unpaired) electrons. The van der Waals surface area contributed by atoms with E-state index in [4.69, 9.17) is 30.1 Å². The number of ketones is 1. The summed E-state index contributed by atoms with van der Waals surface area (Å²) in [4.78, 5) is 25.6. The smallest absolute Gasteiger partial charge is 0.346 e. The fraction of sp³-hybridized carbons (Fsp3) is 0.565. The Hall–Kier alpha value is -2.28. The first-order chi connectivity index (χ1) is 14.6. The molecule has 2 fully saturated rings. The zero-order valence-corrected chi connectivity index (χ0v) is 18.1. The van der Waals surface area contributed by atoms with Gasteiger partial charge in [0.05, 0.1) is 13.2 Å². The SMILES string of the molecule is C#C[C@@]1(O)[C@@H](COC(Cc2ccccc2)(C(C)=O)C(=O)OCC)O[C@@H]2OC(C)(C)O[C@@H]21. The Bertz CT molecular complexity index is 860.